The van der Waals surface area contributed by atoms with Crippen LogP contribution in [0.3, 0.4) is 0 Å². The van der Waals surface area contributed by atoms with E-state index in [0.717, 1.165) is 12.1 Å². The molecule has 0 spiro atoms. The van der Waals surface area contributed by atoms with Gasteiger partial charge in [0.15, 0.2) is 0 Å². The second-order valence-corrected chi connectivity index (χ2v) is 4.06. The Labute approximate surface area is 94.5 Å². The molecule has 0 N–H and O–H groups in total. The quantitative estimate of drug-likeness (QED) is 0.586. The summed E-state index contributed by atoms with van der Waals surface area (Å²) in [5.74, 6) is 0. The molecule has 1 rings (SSSR count). The fraction of sp³-hybridized carbons (Fsp3) is 0.125. The van der Waals surface area contributed by atoms with Crippen LogP contribution in [0.25, 0.3) is 0 Å². The number of rotatable bonds is 1. The van der Waals surface area contributed by atoms with Crippen molar-refractivity contribution in [3.8, 4) is 0 Å². The Kier molecular flexibility index (Phi) is 3.44. The standard InChI is InChI=1S/C8H4ClF3S2/c9-6-2-1-4(7(13)14)3-5(6)8(10,11)12/h1-3H,(H,13,14). The van der Waals surface area contributed by atoms with Gasteiger partial charge in [-0.15, -0.1) is 12.6 Å². The summed E-state index contributed by atoms with van der Waals surface area (Å²) in [5, 5.41) is -0.342. The van der Waals surface area contributed by atoms with Crippen molar-refractivity contribution in [3.63, 3.8) is 0 Å². The molecule has 0 amide bonds. The topological polar surface area (TPSA) is 0 Å². The highest BCUT2D eigenvalue weighted by Crippen LogP contribution is 2.35. The second kappa shape index (κ2) is 4.08. The van der Waals surface area contributed by atoms with Crippen LogP contribution in [0.15, 0.2) is 18.2 Å². The average Bonchev–Trinajstić information content (AvgIpc) is 2.02. The molecule has 14 heavy (non-hydrogen) atoms. The zero-order valence-corrected chi connectivity index (χ0v) is 9.07. The summed E-state index contributed by atoms with van der Waals surface area (Å²) < 4.78 is 37.1. The highest BCUT2D eigenvalue weighted by Gasteiger charge is 2.33. The molecule has 76 valence electrons. The summed E-state index contributed by atoms with van der Waals surface area (Å²) in [6, 6.07) is 3.44. The van der Waals surface area contributed by atoms with Gasteiger partial charge in [0, 0.05) is 0 Å². The molecule has 0 radical (unpaired) electrons. The van der Waals surface area contributed by atoms with Crippen LogP contribution in [0.1, 0.15) is 11.1 Å². The van der Waals surface area contributed by atoms with Crippen LogP contribution in [0.2, 0.25) is 5.02 Å². The van der Waals surface area contributed by atoms with E-state index in [0.29, 0.717) is 0 Å². The van der Waals surface area contributed by atoms with E-state index in [1.54, 1.807) is 0 Å². The molecule has 0 saturated carbocycles. The molecule has 1 aromatic carbocycles. The fourth-order valence-electron chi connectivity index (χ4n) is 0.876. The largest absolute Gasteiger partial charge is 0.417 e. The molecule has 0 saturated heterocycles. The van der Waals surface area contributed by atoms with Crippen LogP contribution in [0.4, 0.5) is 13.2 Å². The van der Waals surface area contributed by atoms with Gasteiger partial charge in [-0.1, -0.05) is 29.9 Å². The number of thiocarbonyl (C=S) groups is 1. The summed E-state index contributed by atoms with van der Waals surface area (Å²) in [6.45, 7) is 0. The van der Waals surface area contributed by atoms with Gasteiger partial charge in [-0.2, -0.15) is 13.2 Å². The number of thiol groups is 1. The lowest BCUT2D eigenvalue weighted by atomic mass is 10.1. The predicted octanol–water partition coefficient (Wildman–Crippen LogP) is 3.96. The lowest BCUT2D eigenvalue weighted by Crippen LogP contribution is -2.07. The average molecular weight is 257 g/mol. The molecule has 1 aromatic rings. The van der Waals surface area contributed by atoms with Crippen molar-refractivity contribution in [2.24, 2.45) is 0 Å². The molecule has 0 aromatic heterocycles. The number of halogens is 4. The maximum absolute atomic E-state index is 12.3. The first kappa shape index (κ1) is 11.8. The van der Waals surface area contributed by atoms with Gasteiger partial charge in [0.05, 0.1) is 14.8 Å². The van der Waals surface area contributed by atoms with Crippen LogP contribution in [0.5, 0.6) is 0 Å². The number of alkyl halides is 3. The molecule has 6 heteroatoms. The zero-order chi connectivity index (χ0) is 10.9. The maximum Gasteiger partial charge on any atom is 0.417 e. The zero-order valence-electron chi connectivity index (χ0n) is 6.60. The van der Waals surface area contributed by atoms with E-state index in [-0.39, 0.29) is 14.8 Å². The van der Waals surface area contributed by atoms with Gasteiger partial charge in [-0.25, -0.2) is 0 Å². The second-order valence-electron chi connectivity index (χ2n) is 2.50. The predicted molar refractivity (Wildman–Crippen MR) is 57.1 cm³/mol. The minimum absolute atomic E-state index is 0.104. The van der Waals surface area contributed by atoms with Gasteiger partial charge >= 0.3 is 6.18 Å². The van der Waals surface area contributed by atoms with Crippen molar-refractivity contribution in [2.75, 3.05) is 0 Å². The summed E-state index contributed by atoms with van der Waals surface area (Å²) in [6.07, 6.45) is -4.47. The lowest BCUT2D eigenvalue weighted by molar-refractivity contribution is -0.137. The molecule has 0 nitrogen and oxygen atoms in total. The van der Waals surface area contributed by atoms with Crippen molar-refractivity contribution in [1.82, 2.24) is 0 Å². The monoisotopic (exact) mass is 256 g/mol. The van der Waals surface area contributed by atoms with Gasteiger partial charge in [-0.3, -0.25) is 0 Å². The van der Waals surface area contributed by atoms with Crippen LogP contribution in [-0.2, 0) is 6.18 Å². The molecule has 0 aliphatic carbocycles. The van der Waals surface area contributed by atoms with Gasteiger partial charge in [0.25, 0.3) is 0 Å². The molecular weight excluding hydrogens is 253 g/mol. The first-order chi connectivity index (χ1) is 6.32. The van der Waals surface area contributed by atoms with E-state index in [1.165, 1.54) is 6.07 Å². The normalized spacial score (nSPS) is 11.5. The fourth-order valence-corrected chi connectivity index (χ4v) is 1.37. The molecule has 0 aliphatic rings. The van der Waals surface area contributed by atoms with E-state index in [4.69, 9.17) is 11.6 Å². The van der Waals surface area contributed by atoms with Crippen molar-refractivity contribution >= 4 is 40.6 Å². The molecule has 0 atom stereocenters. The molecule has 0 bridgehead atoms. The molecule has 0 fully saturated rings. The smallest absolute Gasteiger partial charge is 0.166 e. The third-order valence-corrected chi connectivity index (χ3v) is 2.34. The highest BCUT2D eigenvalue weighted by atomic mass is 35.5. The van der Waals surface area contributed by atoms with E-state index in [9.17, 15) is 13.2 Å². The van der Waals surface area contributed by atoms with Crippen LogP contribution in [0, 0.1) is 0 Å². The van der Waals surface area contributed by atoms with E-state index in [2.05, 4.69) is 24.8 Å². The Morgan fingerprint density at radius 2 is 1.93 bits per heavy atom. The van der Waals surface area contributed by atoms with Crippen LogP contribution < -0.4 is 0 Å². The van der Waals surface area contributed by atoms with E-state index in [1.807, 2.05) is 0 Å². The highest BCUT2D eigenvalue weighted by molar-refractivity contribution is 8.11. The van der Waals surface area contributed by atoms with Crippen LogP contribution in [-0.4, -0.2) is 4.20 Å². The third-order valence-electron chi connectivity index (χ3n) is 1.52. The lowest BCUT2D eigenvalue weighted by Gasteiger charge is -2.09. The summed E-state index contributed by atoms with van der Waals surface area (Å²) in [7, 11) is 0. The van der Waals surface area contributed by atoms with Crippen LogP contribution >= 0.6 is 36.4 Å². The number of hydrogen-bond donors (Lipinski definition) is 1. The third kappa shape index (κ3) is 2.62. The van der Waals surface area contributed by atoms with E-state index >= 15 is 0 Å². The Balaban J connectivity index is 3.29. The Morgan fingerprint density at radius 3 is 2.36 bits per heavy atom. The summed E-state index contributed by atoms with van der Waals surface area (Å²) >= 11 is 13.8. The first-order valence-corrected chi connectivity index (χ1v) is 4.66. The number of benzene rings is 1. The first-order valence-electron chi connectivity index (χ1n) is 3.42. The summed E-state index contributed by atoms with van der Waals surface area (Å²) in [5.41, 5.74) is -0.659. The van der Waals surface area contributed by atoms with Crippen molar-refractivity contribution in [1.29, 1.82) is 0 Å². The molecule has 0 unspecified atom stereocenters. The molecule has 0 heterocycles. The minimum atomic E-state index is -4.47. The maximum atomic E-state index is 12.3. The Morgan fingerprint density at radius 1 is 1.36 bits per heavy atom. The molecular formula is C8H4ClF3S2. The van der Waals surface area contributed by atoms with Crippen molar-refractivity contribution in [2.45, 2.75) is 6.18 Å². The van der Waals surface area contributed by atoms with Gasteiger partial charge in [0.1, 0.15) is 0 Å². The van der Waals surface area contributed by atoms with Gasteiger partial charge < -0.3 is 0 Å². The Hall–Kier alpha value is -0.260. The minimum Gasteiger partial charge on any atom is -0.166 e. The Bertz CT molecular complexity index is 373. The number of hydrogen-bond acceptors (Lipinski definition) is 1. The van der Waals surface area contributed by atoms with E-state index < -0.39 is 11.7 Å². The van der Waals surface area contributed by atoms with Gasteiger partial charge in [0.2, 0.25) is 0 Å². The van der Waals surface area contributed by atoms with Crippen molar-refractivity contribution < 1.29 is 13.2 Å². The van der Waals surface area contributed by atoms with Gasteiger partial charge in [-0.05, 0) is 17.7 Å². The van der Waals surface area contributed by atoms with Crippen molar-refractivity contribution in [3.05, 3.63) is 34.3 Å². The molecule has 0 aliphatic heterocycles. The summed E-state index contributed by atoms with van der Waals surface area (Å²) in [4.78, 5) is 0. The SMILES string of the molecule is FC(F)(F)c1cc(C(=S)S)ccc1Cl.